The fourth-order valence-corrected chi connectivity index (χ4v) is 2.86. The van der Waals surface area contributed by atoms with Crippen LogP contribution in [0.5, 0.6) is 0 Å². The smallest absolute Gasteiger partial charge is 0.410 e. The van der Waals surface area contributed by atoms with Gasteiger partial charge in [-0.05, 0) is 33.3 Å². The van der Waals surface area contributed by atoms with Crippen LogP contribution in [0.4, 0.5) is 4.79 Å². The van der Waals surface area contributed by atoms with Gasteiger partial charge in [0, 0.05) is 31.7 Å². The Morgan fingerprint density at radius 2 is 1.88 bits per heavy atom. The summed E-state index contributed by atoms with van der Waals surface area (Å²) < 4.78 is 10.8. The molecule has 7 heteroatoms. The topological polar surface area (TPSA) is 71.7 Å². The third-order valence-corrected chi connectivity index (χ3v) is 4.24. The first kappa shape index (κ1) is 18.4. The Kier molecular flexibility index (Phi) is 5.27. The summed E-state index contributed by atoms with van der Waals surface area (Å²) in [5.74, 6) is 1.21. The van der Waals surface area contributed by atoms with E-state index in [1.807, 2.05) is 52.0 Å². The summed E-state index contributed by atoms with van der Waals surface area (Å²) in [7, 11) is 0. The van der Waals surface area contributed by atoms with E-state index in [4.69, 9.17) is 9.26 Å². The third kappa shape index (κ3) is 4.60. The molecule has 2 aromatic rings. The lowest BCUT2D eigenvalue weighted by molar-refractivity contribution is 0.0132. The Morgan fingerprint density at radius 1 is 1.19 bits per heavy atom. The second-order valence-electron chi connectivity index (χ2n) is 7.57. The van der Waals surface area contributed by atoms with Crippen LogP contribution in [0, 0.1) is 6.92 Å². The van der Waals surface area contributed by atoms with Crippen molar-refractivity contribution in [2.24, 2.45) is 0 Å². The largest absolute Gasteiger partial charge is 0.444 e. The van der Waals surface area contributed by atoms with Gasteiger partial charge in [-0.15, -0.1) is 0 Å². The van der Waals surface area contributed by atoms with E-state index in [1.165, 1.54) is 0 Å². The summed E-state index contributed by atoms with van der Waals surface area (Å²) in [5, 5.41) is 4.10. The van der Waals surface area contributed by atoms with Gasteiger partial charge in [0.2, 0.25) is 11.7 Å². The van der Waals surface area contributed by atoms with Gasteiger partial charge in [0.25, 0.3) is 0 Å². The molecule has 7 nitrogen and oxygen atoms in total. The molecule has 3 rings (SSSR count). The average Bonchev–Trinajstić information content (AvgIpc) is 3.02. The van der Waals surface area contributed by atoms with Crippen molar-refractivity contribution in [2.75, 3.05) is 26.2 Å². The molecule has 1 aromatic carbocycles. The Labute approximate surface area is 153 Å². The first-order valence-corrected chi connectivity index (χ1v) is 8.91. The molecule has 0 unspecified atom stereocenters. The quantitative estimate of drug-likeness (QED) is 0.840. The number of nitrogens with zero attached hydrogens (tertiary/aromatic N) is 4. The maximum Gasteiger partial charge on any atom is 0.410 e. The number of amides is 1. The highest BCUT2D eigenvalue weighted by Crippen LogP contribution is 2.20. The van der Waals surface area contributed by atoms with Crippen LogP contribution < -0.4 is 0 Å². The summed E-state index contributed by atoms with van der Waals surface area (Å²) in [6, 6.07) is 7.98. The Balaban J connectivity index is 1.54. The molecule has 1 saturated heterocycles. The number of ether oxygens (including phenoxy) is 1. The number of carbonyl (C=O) groups is 1. The zero-order valence-electron chi connectivity index (χ0n) is 15.9. The van der Waals surface area contributed by atoms with Crippen molar-refractivity contribution < 1.29 is 14.1 Å². The van der Waals surface area contributed by atoms with E-state index in [0.29, 0.717) is 31.3 Å². The molecule has 0 N–H and O–H groups in total. The predicted molar refractivity (Wildman–Crippen MR) is 97.6 cm³/mol. The molecular weight excluding hydrogens is 332 g/mol. The molecule has 140 valence electrons. The van der Waals surface area contributed by atoms with E-state index < -0.39 is 5.60 Å². The number of hydrogen-bond acceptors (Lipinski definition) is 6. The minimum Gasteiger partial charge on any atom is -0.444 e. The summed E-state index contributed by atoms with van der Waals surface area (Å²) in [6.07, 6.45) is -0.253. The van der Waals surface area contributed by atoms with Gasteiger partial charge in [0.15, 0.2) is 0 Å². The van der Waals surface area contributed by atoms with E-state index in [1.54, 1.807) is 4.90 Å². The van der Waals surface area contributed by atoms with Crippen LogP contribution >= 0.6 is 0 Å². The van der Waals surface area contributed by atoms with E-state index in [9.17, 15) is 4.79 Å². The molecule has 0 bridgehead atoms. The van der Waals surface area contributed by atoms with Gasteiger partial charge >= 0.3 is 6.09 Å². The Hall–Kier alpha value is -2.41. The molecule has 26 heavy (non-hydrogen) atoms. The van der Waals surface area contributed by atoms with Gasteiger partial charge in [0.05, 0.1) is 6.54 Å². The molecule has 1 aromatic heterocycles. The number of benzene rings is 1. The predicted octanol–water partition coefficient (Wildman–Crippen LogP) is 3.10. The normalized spacial score (nSPS) is 15.9. The van der Waals surface area contributed by atoms with Crippen LogP contribution in [0.25, 0.3) is 11.4 Å². The van der Waals surface area contributed by atoms with Gasteiger partial charge in [-0.25, -0.2) is 4.79 Å². The average molecular weight is 358 g/mol. The summed E-state index contributed by atoms with van der Waals surface area (Å²) in [5.41, 5.74) is 1.63. The third-order valence-electron chi connectivity index (χ3n) is 4.24. The van der Waals surface area contributed by atoms with E-state index in [-0.39, 0.29) is 6.09 Å². The van der Waals surface area contributed by atoms with Crippen LogP contribution in [0.3, 0.4) is 0 Å². The monoisotopic (exact) mass is 358 g/mol. The van der Waals surface area contributed by atoms with Crippen LogP contribution in [0.15, 0.2) is 28.8 Å². The highest BCUT2D eigenvalue weighted by molar-refractivity contribution is 5.68. The minimum atomic E-state index is -0.468. The fourth-order valence-electron chi connectivity index (χ4n) is 2.86. The summed E-state index contributed by atoms with van der Waals surface area (Å²) in [4.78, 5) is 20.6. The molecular formula is C19H26N4O3. The fraction of sp³-hybridized carbons (Fsp3) is 0.526. The Morgan fingerprint density at radius 3 is 2.54 bits per heavy atom. The first-order valence-electron chi connectivity index (χ1n) is 8.91. The van der Waals surface area contributed by atoms with Crippen molar-refractivity contribution in [1.29, 1.82) is 0 Å². The maximum atomic E-state index is 12.1. The van der Waals surface area contributed by atoms with E-state index in [2.05, 4.69) is 15.0 Å². The number of aryl methyl sites for hydroxylation is 1. The van der Waals surface area contributed by atoms with Gasteiger partial charge in [-0.3, -0.25) is 4.90 Å². The SMILES string of the molecule is Cc1ccccc1-c1noc(CN2CCN(C(=O)OC(C)(C)C)CC2)n1. The zero-order chi connectivity index (χ0) is 18.7. The van der Waals surface area contributed by atoms with Gasteiger partial charge in [-0.1, -0.05) is 29.4 Å². The second-order valence-corrected chi connectivity index (χ2v) is 7.57. The molecule has 2 heterocycles. The standard InChI is InChI=1S/C19H26N4O3/c1-14-7-5-6-8-15(14)17-20-16(26-21-17)13-22-9-11-23(12-10-22)18(24)25-19(2,3)4/h5-8H,9-13H2,1-4H3. The second kappa shape index (κ2) is 7.45. The maximum absolute atomic E-state index is 12.1. The van der Waals surface area contributed by atoms with Gasteiger partial charge in [-0.2, -0.15) is 4.98 Å². The zero-order valence-corrected chi connectivity index (χ0v) is 15.9. The van der Waals surface area contributed by atoms with Crippen molar-refractivity contribution in [3.63, 3.8) is 0 Å². The van der Waals surface area contributed by atoms with Gasteiger partial charge < -0.3 is 14.2 Å². The number of carbonyl (C=O) groups excluding carboxylic acids is 1. The molecule has 1 amide bonds. The molecule has 1 aliphatic heterocycles. The van der Waals surface area contributed by atoms with Gasteiger partial charge in [0.1, 0.15) is 5.60 Å². The number of aromatic nitrogens is 2. The van der Waals surface area contributed by atoms with Crippen LogP contribution in [0.2, 0.25) is 0 Å². The molecule has 0 aliphatic carbocycles. The highest BCUT2D eigenvalue weighted by atomic mass is 16.6. The molecule has 0 spiro atoms. The molecule has 1 aliphatic rings. The lowest BCUT2D eigenvalue weighted by Crippen LogP contribution is -2.49. The molecule has 0 radical (unpaired) electrons. The van der Waals surface area contributed by atoms with Crippen LogP contribution in [-0.2, 0) is 11.3 Å². The number of rotatable bonds is 3. The molecule has 0 atom stereocenters. The van der Waals surface area contributed by atoms with Crippen molar-refractivity contribution >= 4 is 6.09 Å². The van der Waals surface area contributed by atoms with Crippen molar-refractivity contribution in [1.82, 2.24) is 19.9 Å². The van der Waals surface area contributed by atoms with E-state index >= 15 is 0 Å². The Bertz CT molecular complexity index is 758. The first-order chi connectivity index (χ1) is 12.3. The molecule has 1 fully saturated rings. The van der Waals surface area contributed by atoms with E-state index in [0.717, 1.165) is 24.2 Å². The minimum absolute atomic E-state index is 0.253. The van der Waals surface area contributed by atoms with Crippen molar-refractivity contribution in [3.05, 3.63) is 35.7 Å². The van der Waals surface area contributed by atoms with Crippen LogP contribution in [-0.4, -0.2) is 57.8 Å². The number of piperazine rings is 1. The summed E-state index contributed by atoms with van der Waals surface area (Å²) in [6.45, 7) is 11.0. The van der Waals surface area contributed by atoms with Crippen LogP contribution in [0.1, 0.15) is 32.2 Å². The number of hydrogen-bond donors (Lipinski definition) is 0. The lowest BCUT2D eigenvalue weighted by Gasteiger charge is -2.34. The highest BCUT2D eigenvalue weighted by Gasteiger charge is 2.26. The lowest BCUT2D eigenvalue weighted by atomic mass is 10.1. The molecule has 0 saturated carbocycles. The summed E-state index contributed by atoms with van der Waals surface area (Å²) >= 11 is 0. The van der Waals surface area contributed by atoms with Crippen molar-refractivity contribution in [2.45, 2.75) is 39.8 Å². The van der Waals surface area contributed by atoms with Crippen molar-refractivity contribution in [3.8, 4) is 11.4 Å².